The van der Waals surface area contributed by atoms with E-state index in [1.54, 1.807) is 0 Å². The highest BCUT2D eigenvalue weighted by Gasteiger charge is 2.19. The molecule has 1 saturated heterocycles. The molecule has 2 N–H and O–H groups in total. The van der Waals surface area contributed by atoms with E-state index in [0.29, 0.717) is 6.54 Å². The van der Waals surface area contributed by atoms with Crippen molar-refractivity contribution in [3.8, 4) is 0 Å². The Morgan fingerprint density at radius 3 is 2.00 bits per heavy atom. The van der Waals surface area contributed by atoms with Gasteiger partial charge in [-0.2, -0.15) is 0 Å². The molecule has 1 unspecified atom stereocenters. The summed E-state index contributed by atoms with van der Waals surface area (Å²) in [5.74, 6) is 0.766. The maximum absolute atomic E-state index is 5.71. The third-order valence-corrected chi connectivity index (χ3v) is 3.22. The SMILES string of the molecule is CCOC(CN)CN1CCN(CC(C)C)CC1. The summed E-state index contributed by atoms with van der Waals surface area (Å²) >= 11 is 0. The zero-order valence-electron chi connectivity index (χ0n) is 11.7. The maximum Gasteiger partial charge on any atom is 0.0823 e. The van der Waals surface area contributed by atoms with Crippen molar-refractivity contribution in [2.75, 3.05) is 52.4 Å². The Bertz CT molecular complexity index is 191. The summed E-state index contributed by atoms with van der Waals surface area (Å²) in [6.07, 6.45) is 0.205. The first-order chi connectivity index (χ1) is 8.15. The molecule has 0 saturated carbocycles. The molecule has 0 spiro atoms. The van der Waals surface area contributed by atoms with Crippen LogP contribution in [-0.4, -0.2) is 68.3 Å². The number of hydrogen-bond acceptors (Lipinski definition) is 4. The molecule has 17 heavy (non-hydrogen) atoms. The number of hydrogen-bond donors (Lipinski definition) is 1. The van der Waals surface area contributed by atoms with Gasteiger partial charge < -0.3 is 15.4 Å². The zero-order chi connectivity index (χ0) is 12.7. The molecule has 0 radical (unpaired) electrons. The summed E-state index contributed by atoms with van der Waals surface area (Å²) in [6.45, 7) is 14.9. The maximum atomic E-state index is 5.71. The molecular formula is C13H29N3O. The van der Waals surface area contributed by atoms with Crippen molar-refractivity contribution in [3.63, 3.8) is 0 Å². The van der Waals surface area contributed by atoms with Crippen molar-refractivity contribution in [1.82, 2.24) is 9.80 Å². The molecule has 0 aliphatic carbocycles. The first kappa shape index (κ1) is 14.9. The molecule has 0 amide bonds. The fourth-order valence-corrected chi connectivity index (χ4v) is 2.39. The molecule has 1 aliphatic rings. The third kappa shape index (κ3) is 5.82. The molecule has 0 aromatic rings. The van der Waals surface area contributed by atoms with E-state index in [-0.39, 0.29) is 6.10 Å². The third-order valence-electron chi connectivity index (χ3n) is 3.22. The molecule has 102 valence electrons. The smallest absolute Gasteiger partial charge is 0.0823 e. The Morgan fingerprint density at radius 2 is 1.59 bits per heavy atom. The molecule has 1 aliphatic heterocycles. The monoisotopic (exact) mass is 243 g/mol. The van der Waals surface area contributed by atoms with Crippen molar-refractivity contribution in [1.29, 1.82) is 0 Å². The van der Waals surface area contributed by atoms with Gasteiger partial charge in [-0.15, -0.1) is 0 Å². The van der Waals surface area contributed by atoms with E-state index in [1.165, 1.54) is 19.6 Å². The second-order valence-corrected chi connectivity index (χ2v) is 5.31. The summed E-state index contributed by atoms with van der Waals surface area (Å²) in [6, 6.07) is 0. The van der Waals surface area contributed by atoms with Gasteiger partial charge in [0.15, 0.2) is 0 Å². The van der Waals surface area contributed by atoms with Gasteiger partial charge in [0.2, 0.25) is 0 Å². The fourth-order valence-electron chi connectivity index (χ4n) is 2.39. The first-order valence-electron chi connectivity index (χ1n) is 6.92. The van der Waals surface area contributed by atoms with Gasteiger partial charge in [0.05, 0.1) is 6.10 Å². The number of ether oxygens (including phenoxy) is 1. The molecule has 1 fully saturated rings. The molecule has 1 rings (SSSR count). The minimum Gasteiger partial charge on any atom is -0.376 e. The molecule has 4 heteroatoms. The van der Waals surface area contributed by atoms with Crippen LogP contribution in [0.5, 0.6) is 0 Å². The van der Waals surface area contributed by atoms with Crippen LogP contribution in [0.25, 0.3) is 0 Å². The van der Waals surface area contributed by atoms with E-state index in [4.69, 9.17) is 10.5 Å². The molecule has 0 aromatic carbocycles. The Kier molecular flexibility index (Phi) is 7.04. The lowest BCUT2D eigenvalue weighted by atomic mass is 10.2. The van der Waals surface area contributed by atoms with Crippen molar-refractivity contribution < 1.29 is 4.74 Å². The summed E-state index contributed by atoms with van der Waals surface area (Å²) in [4.78, 5) is 5.03. The summed E-state index contributed by atoms with van der Waals surface area (Å²) in [5, 5.41) is 0. The van der Waals surface area contributed by atoms with Gasteiger partial charge in [0.25, 0.3) is 0 Å². The Hall–Kier alpha value is -0.160. The number of rotatable bonds is 7. The van der Waals surface area contributed by atoms with E-state index in [1.807, 2.05) is 6.92 Å². The Morgan fingerprint density at radius 1 is 1.06 bits per heavy atom. The van der Waals surface area contributed by atoms with Crippen LogP contribution in [0.1, 0.15) is 20.8 Å². The van der Waals surface area contributed by atoms with Gasteiger partial charge in [-0.25, -0.2) is 0 Å². The van der Waals surface area contributed by atoms with Crippen LogP contribution < -0.4 is 5.73 Å². The van der Waals surface area contributed by atoms with Gasteiger partial charge in [-0.3, -0.25) is 4.90 Å². The van der Waals surface area contributed by atoms with Crippen molar-refractivity contribution in [3.05, 3.63) is 0 Å². The minimum absolute atomic E-state index is 0.205. The highest BCUT2D eigenvalue weighted by Crippen LogP contribution is 2.06. The van der Waals surface area contributed by atoms with Gasteiger partial charge in [0, 0.05) is 52.4 Å². The van der Waals surface area contributed by atoms with Crippen LogP contribution >= 0.6 is 0 Å². The van der Waals surface area contributed by atoms with Crippen LogP contribution in [0.4, 0.5) is 0 Å². The largest absolute Gasteiger partial charge is 0.376 e. The summed E-state index contributed by atoms with van der Waals surface area (Å²) < 4.78 is 5.61. The fraction of sp³-hybridized carbons (Fsp3) is 1.00. The van der Waals surface area contributed by atoms with Crippen molar-refractivity contribution >= 4 is 0 Å². The van der Waals surface area contributed by atoms with E-state index >= 15 is 0 Å². The summed E-state index contributed by atoms with van der Waals surface area (Å²) in [7, 11) is 0. The average molecular weight is 243 g/mol. The predicted octanol–water partition coefficient (Wildman–Crippen LogP) is 0.624. The van der Waals surface area contributed by atoms with Gasteiger partial charge in [-0.1, -0.05) is 13.8 Å². The van der Waals surface area contributed by atoms with Crippen molar-refractivity contribution in [2.45, 2.75) is 26.9 Å². The molecule has 4 nitrogen and oxygen atoms in total. The van der Waals surface area contributed by atoms with Crippen LogP contribution in [0, 0.1) is 5.92 Å². The van der Waals surface area contributed by atoms with Gasteiger partial charge in [-0.05, 0) is 12.8 Å². The quantitative estimate of drug-likeness (QED) is 0.712. The van der Waals surface area contributed by atoms with Crippen LogP contribution in [0.3, 0.4) is 0 Å². The van der Waals surface area contributed by atoms with E-state index in [0.717, 1.165) is 32.2 Å². The number of nitrogens with two attached hydrogens (primary N) is 1. The number of piperazine rings is 1. The van der Waals surface area contributed by atoms with Crippen LogP contribution in [0.2, 0.25) is 0 Å². The number of nitrogens with zero attached hydrogens (tertiary/aromatic N) is 2. The lowest BCUT2D eigenvalue weighted by molar-refractivity contribution is 0.0232. The standard InChI is InChI=1S/C13H29N3O/c1-4-17-13(9-14)11-16-7-5-15(6-8-16)10-12(2)3/h12-13H,4-11,14H2,1-3H3. The first-order valence-corrected chi connectivity index (χ1v) is 6.92. The van der Waals surface area contributed by atoms with Crippen molar-refractivity contribution in [2.24, 2.45) is 11.7 Å². The van der Waals surface area contributed by atoms with Crippen LogP contribution in [0.15, 0.2) is 0 Å². The molecular weight excluding hydrogens is 214 g/mol. The zero-order valence-corrected chi connectivity index (χ0v) is 11.7. The van der Waals surface area contributed by atoms with E-state index in [2.05, 4.69) is 23.6 Å². The minimum atomic E-state index is 0.205. The average Bonchev–Trinajstić information content (AvgIpc) is 2.30. The van der Waals surface area contributed by atoms with E-state index in [9.17, 15) is 0 Å². The van der Waals surface area contributed by atoms with Gasteiger partial charge >= 0.3 is 0 Å². The second kappa shape index (κ2) is 8.03. The highest BCUT2D eigenvalue weighted by atomic mass is 16.5. The van der Waals surface area contributed by atoms with E-state index < -0.39 is 0 Å². The molecule has 1 heterocycles. The predicted molar refractivity (Wildman–Crippen MR) is 72.2 cm³/mol. The lowest BCUT2D eigenvalue weighted by Crippen LogP contribution is -2.50. The Balaban J connectivity index is 2.22. The molecule has 1 atom stereocenters. The molecule has 0 bridgehead atoms. The topological polar surface area (TPSA) is 41.7 Å². The normalized spacial score (nSPS) is 21.0. The summed E-state index contributed by atoms with van der Waals surface area (Å²) in [5.41, 5.74) is 5.71. The Labute approximate surface area is 106 Å². The van der Waals surface area contributed by atoms with Crippen LogP contribution in [-0.2, 0) is 4.74 Å². The van der Waals surface area contributed by atoms with Gasteiger partial charge in [0.1, 0.15) is 0 Å². The highest BCUT2D eigenvalue weighted by molar-refractivity contribution is 4.75. The molecule has 0 aromatic heterocycles. The lowest BCUT2D eigenvalue weighted by Gasteiger charge is -2.36. The second-order valence-electron chi connectivity index (χ2n) is 5.31.